The number of thiophene rings is 1. The van der Waals surface area contributed by atoms with E-state index in [1.165, 1.54) is 58.9 Å². The summed E-state index contributed by atoms with van der Waals surface area (Å²) >= 11 is 1.88. The number of rotatable bonds is 0. The van der Waals surface area contributed by atoms with Gasteiger partial charge >= 0.3 is 0 Å². The summed E-state index contributed by atoms with van der Waals surface area (Å²) < 4.78 is 5.14. The SMILES string of the molecule is C1=CC2Nc3c(n4c5cc6sc7ccccc7c6cc5c5cccc3c54)NC2C=C1. The molecule has 0 spiro atoms. The van der Waals surface area contributed by atoms with Crippen LogP contribution in [-0.4, -0.2) is 16.5 Å². The molecule has 0 bridgehead atoms. The largest absolute Gasteiger partial charge is 0.373 e. The molecular weight excluding hydrogens is 386 g/mol. The van der Waals surface area contributed by atoms with E-state index >= 15 is 0 Å². The molecule has 8 rings (SSSR count). The van der Waals surface area contributed by atoms with Crippen LogP contribution in [0.1, 0.15) is 0 Å². The molecule has 2 N–H and O–H groups in total. The summed E-state index contributed by atoms with van der Waals surface area (Å²) in [5.74, 6) is 1.18. The van der Waals surface area contributed by atoms with Crippen LogP contribution in [0.2, 0.25) is 0 Å². The van der Waals surface area contributed by atoms with Gasteiger partial charge in [-0.15, -0.1) is 11.3 Å². The maximum absolute atomic E-state index is 3.82. The molecule has 0 saturated heterocycles. The minimum Gasteiger partial charge on any atom is -0.373 e. The molecule has 4 heteroatoms. The van der Waals surface area contributed by atoms with Gasteiger partial charge in [0.1, 0.15) is 5.82 Å². The monoisotopic (exact) mass is 403 g/mol. The Morgan fingerprint density at radius 3 is 2.43 bits per heavy atom. The van der Waals surface area contributed by atoms with Crippen molar-refractivity contribution in [2.75, 3.05) is 10.6 Å². The van der Waals surface area contributed by atoms with Crippen LogP contribution >= 0.6 is 11.3 Å². The normalized spacial score (nSPS) is 20.3. The first kappa shape index (κ1) is 15.4. The molecule has 4 heterocycles. The van der Waals surface area contributed by atoms with Crippen LogP contribution in [0.15, 0.2) is 78.9 Å². The number of anilines is 2. The third kappa shape index (κ3) is 1.73. The molecule has 2 atom stereocenters. The fourth-order valence-corrected chi connectivity index (χ4v) is 6.57. The highest BCUT2D eigenvalue weighted by molar-refractivity contribution is 7.25. The average molecular weight is 404 g/mol. The lowest BCUT2D eigenvalue weighted by Gasteiger charge is -2.33. The van der Waals surface area contributed by atoms with Gasteiger partial charge in [-0.1, -0.05) is 60.7 Å². The van der Waals surface area contributed by atoms with E-state index in [1.54, 1.807) is 0 Å². The van der Waals surface area contributed by atoms with Gasteiger partial charge in [-0.2, -0.15) is 0 Å². The van der Waals surface area contributed by atoms with E-state index in [9.17, 15) is 0 Å². The topological polar surface area (TPSA) is 28.5 Å². The van der Waals surface area contributed by atoms with Gasteiger partial charge in [0.25, 0.3) is 0 Å². The Morgan fingerprint density at radius 1 is 0.700 bits per heavy atom. The Morgan fingerprint density at radius 2 is 1.50 bits per heavy atom. The minimum absolute atomic E-state index is 0.267. The zero-order chi connectivity index (χ0) is 19.4. The van der Waals surface area contributed by atoms with Crippen molar-refractivity contribution in [3.8, 4) is 0 Å². The van der Waals surface area contributed by atoms with Gasteiger partial charge in [0.2, 0.25) is 0 Å². The van der Waals surface area contributed by atoms with Crippen LogP contribution in [-0.2, 0) is 0 Å². The number of fused-ring (bicyclic) bond motifs is 10. The first-order valence-electron chi connectivity index (χ1n) is 10.4. The predicted molar refractivity (Wildman–Crippen MR) is 130 cm³/mol. The highest BCUT2D eigenvalue weighted by Crippen LogP contribution is 2.47. The zero-order valence-electron chi connectivity index (χ0n) is 16.0. The number of nitrogens with zero attached hydrogens (tertiary/aromatic N) is 1. The molecule has 0 amide bonds. The molecule has 142 valence electrons. The van der Waals surface area contributed by atoms with Gasteiger partial charge in [0.15, 0.2) is 0 Å². The van der Waals surface area contributed by atoms with Crippen LogP contribution in [0.5, 0.6) is 0 Å². The summed E-state index contributed by atoms with van der Waals surface area (Å²) in [4.78, 5) is 0. The Balaban J connectivity index is 1.54. The van der Waals surface area contributed by atoms with Gasteiger partial charge in [0.05, 0.1) is 28.8 Å². The number of para-hydroxylation sites is 1. The quantitative estimate of drug-likeness (QED) is 0.294. The number of allylic oxidation sites excluding steroid dienone is 2. The van der Waals surface area contributed by atoms with Crippen molar-refractivity contribution in [2.24, 2.45) is 0 Å². The summed E-state index contributed by atoms with van der Waals surface area (Å²) in [5, 5.41) is 14.3. The Hall–Kier alpha value is -3.50. The van der Waals surface area contributed by atoms with Gasteiger partial charge in [0, 0.05) is 36.3 Å². The molecule has 30 heavy (non-hydrogen) atoms. The number of benzene rings is 3. The summed E-state index contributed by atoms with van der Waals surface area (Å²) in [6.45, 7) is 0. The van der Waals surface area contributed by atoms with E-state index in [-0.39, 0.29) is 12.1 Å². The second-order valence-electron chi connectivity index (χ2n) is 8.33. The standard InChI is InChI=1S/C26H17N3S/c1-4-11-22-14(6-1)18-12-17-15-7-5-8-16-24-26(28-20-10-3-2-9-19(20)27-24)29(25(15)16)21(17)13-23(18)30-22/h1-13,19-20,27-28H. The average Bonchev–Trinajstić information content (AvgIpc) is 3.42. The molecule has 1 aliphatic heterocycles. The van der Waals surface area contributed by atoms with Gasteiger partial charge in [-0.05, 0) is 18.2 Å². The predicted octanol–water partition coefficient (Wildman–Crippen LogP) is 6.75. The third-order valence-electron chi connectivity index (χ3n) is 6.76. The lowest BCUT2D eigenvalue weighted by atomic mass is 9.99. The van der Waals surface area contributed by atoms with Crippen LogP contribution < -0.4 is 10.6 Å². The first-order chi connectivity index (χ1) is 14.9. The van der Waals surface area contributed by atoms with Crippen LogP contribution in [0.25, 0.3) is 47.4 Å². The number of hydrogen-bond acceptors (Lipinski definition) is 3. The van der Waals surface area contributed by atoms with Gasteiger partial charge in [-0.25, -0.2) is 0 Å². The lowest BCUT2D eigenvalue weighted by molar-refractivity contribution is 0.760. The van der Waals surface area contributed by atoms with Crippen LogP contribution in [0.4, 0.5) is 11.5 Å². The molecule has 3 aromatic heterocycles. The Labute approximate surface area is 176 Å². The lowest BCUT2D eigenvalue weighted by Crippen LogP contribution is -2.41. The van der Waals surface area contributed by atoms with Crippen molar-refractivity contribution in [1.29, 1.82) is 0 Å². The van der Waals surface area contributed by atoms with Crippen molar-refractivity contribution >= 4 is 70.2 Å². The molecule has 3 aromatic carbocycles. The molecular formula is C26H17N3S. The Bertz CT molecular complexity index is 1720. The molecule has 6 aromatic rings. The highest BCUT2D eigenvalue weighted by Gasteiger charge is 2.31. The first-order valence-corrected chi connectivity index (χ1v) is 11.2. The van der Waals surface area contributed by atoms with E-state index < -0.39 is 0 Å². The molecule has 0 radical (unpaired) electrons. The molecule has 2 aliphatic rings. The van der Waals surface area contributed by atoms with Crippen molar-refractivity contribution in [3.63, 3.8) is 0 Å². The van der Waals surface area contributed by atoms with E-state index in [4.69, 9.17) is 0 Å². The fraction of sp³-hybridized carbons (Fsp3) is 0.0769. The molecule has 0 fully saturated rings. The highest BCUT2D eigenvalue weighted by atomic mass is 32.1. The molecule has 0 saturated carbocycles. The van der Waals surface area contributed by atoms with E-state index in [1.807, 2.05) is 11.3 Å². The minimum atomic E-state index is 0.267. The van der Waals surface area contributed by atoms with Crippen molar-refractivity contribution < 1.29 is 0 Å². The second kappa shape index (κ2) is 5.15. The van der Waals surface area contributed by atoms with Crippen molar-refractivity contribution in [3.05, 3.63) is 78.9 Å². The summed E-state index contributed by atoms with van der Waals surface area (Å²) in [7, 11) is 0. The van der Waals surface area contributed by atoms with Gasteiger partial charge in [-0.3, -0.25) is 4.40 Å². The molecule has 3 nitrogen and oxygen atoms in total. The number of nitrogens with one attached hydrogen (secondary N) is 2. The molecule has 2 unspecified atom stereocenters. The number of aromatic nitrogens is 1. The smallest absolute Gasteiger partial charge is 0.136 e. The van der Waals surface area contributed by atoms with Crippen LogP contribution in [0.3, 0.4) is 0 Å². The third-order valence-corrected chi connectivity index (χ3v) is 7.90. The van der Waals surface area contributed by atoms with Gasteiger partial charge < -0.3 is 10.6 Å². The van der Waals surface area contributed by atoms with E-state index in [0.29, 0.717) is 0 Å². The summed E-state index contributed by atoms with van der Waals surface area (Å²) in [6.07, 6.45) is 8.75. The maximum atomic E-state index is 3.82. The zero-order valence-corrected chi connectivity index (χ0v) is 16.8. The second-order valence-corrected chi connectivity index (χ2v) is 9.42. The summed E-state index contributed by atoms with van der Waals surface area (Å²) in [5.41, 5.74) is 3.81. The van der Waals surface area contributed by atoms with E-state index in [2.05, 4.69) is 93.9 Å². The maximum Gasteiger partial charge on any atom is 0.136 e. The van der Waals surface area contributed by atoms with Crippen molar-refractivity contribution in [2.45, 2.75) is 12.1 Å². The Kier molecular flexibility index (Phi) is 2.64. The van der Waals surface area contributed by atoms with Crippen LogP contribution in [0, 0.1) is 0 Å². The van der Waals surface area contributed by atoms with E-state index in [0.717, 1.165) is 0 Å². The number of hydrogen-bond donors (Lipinski definition) is 2. The van der Waals surface area contributed by atoms with Crippen molar-refractivity contribution in [1.82, 2.24) is 4.40 Å². The fourth-order valence-electron chi connectivity index (χ4n) is 5.45. The summed E-state index contributed by atoms with van der Waals surface area (Å²) in [6, 6.07) is 20.8. The molecule has 1 aliphatic carbocycles.